The first-order chi connectivity index (χ1) is 6.25. The maximum absolute atomic E-state index is 11.1. The van der Waals surface area contributed by atoms with E-state index in [2.05, 4.69) is 6.92 Å². The maximum Gasteiger partial charge on any atom is 0.162 e. The van der Waals surface area contributed by atoms with Crippen LogP contribution in [0.15, 0.2) is 12.3 Å². The highest BCUT2D eigenvalue weighted by atomic mass is 16.5. The second-order valence-electron chi connectivity index (χ2n) is 3.71. The standard InChI is InChI=1S/C10H14O3/c1-7-2-3-9(13-7)10-6-8(11)4-5-12-10/h4-5,7,9-10H,2-3,6H2,1H3. The van der Waals surface area contributed by atoms with Crippen LogP contribution in [0, 0.1) is 0 Å². The van der Waals surface area contributed by atoms with Gasteiger partial charge in [-0.25, -0.2) is 0 Å². The minimum Gasteiger partial charge on any atom is -0.495 e. The van der Waals surface area contributed by atoms with E-state index in [1.807, 2.05) is 0 Å². The molecule has 0 amide bonds. The SMILES string of the molecule is CC1CCC(C2CC(=O)C=CO2)O1. The predicted octanol–water partition coefficient (Wildman–Crippen LogP) is 1.43. The zero-order valence-electron chi connectivity index (χ0n) is 7.73. The van der Waals surface area contributed by atoms with Gasteiger partial charge in [0.05, 0.1) is 24.9 Å². The van der Waals surface area contributed by atoms with Crippen LogP contribution in [0.4, 0.5) is 0 Å². The van der Waals surface area contributed by atoms with Crippen LogP contribution in [-0.4, -0.2) is 24.1 Å². The molecule has 0 bridgehead atoms. The Morgan fingerprint density at radius 1 is 1.38 bits per heavy atom. The third kappa shape index (κ3) is 1.91. The van der Waals surface area contributed by atoms with Gasteiger partial charge in [0, 0.05) is 6.08 Å². The molecule has 1 saturated heterocycles. The van der Waals surface area contributed by atoms with E-state index in [1.54, 1.807) is 0 Å². The Hall–Kier alpha value is -0.830. The highest BCUT2D eigenvalue weighted by molar-refractivity contribution is 5.90. The third-order valence-electron chi connectivity index (χ3n) is 2.59. The largest absolute Gasteiger partial charge is 0.495 e. The van der Waals surface area contributed by atoms with Gasteiger partial charge in [0.1, 0.15) is 6.10 Å². The van der Waals surface area contributed by atoms with E-state index < -0.39 is 0 Å². The quantitative estimate of drug-likeness (QED) is 0.615. The van der Waals surface area contributed by atoms with E-state index in [9.17, 15) is 4.79 Å². The van der Waals surface area contributed by atoms with Gasteiger partial charge in [-0.3, -0.25) is 4.79 Å². The van der Waals surface area contributed by atoms with Crippen LogP contribution < -0.4 is 0 Å². The van der Waals surface area contributed by atoms with Gasteiger partial charge in [0.25, 0.3) is 0 Å². The topological polar surface area (TPSA) is 35.5 Å². The van der Waals surface area contributed by atoms with Gasteiger partial charge < -0.3 is 9.47 Å². The molecule has 3 unspecified atom stereocenters. The zero-order chi connectivity index (χ0) is 9.26. The Morgan fingerprint density at radius 3 is 2.85 bits per heavy atom. The maximum atomic E-state index is 11.1. The molecule has 0 aromatic heterocycles. The van der Waals surface area contributed by atoms with Gasteiger partial charge >= 0.3 is 0 Å². The van der Waals surface area contributed by atoms with Crippen LogP contribution in [0.5, 0.6) is 0 Å². The summed E-state index contributed by atoms with van der Waals surface area (Å²) in [6.45, 7) is 2.06. The van der Waals surface area contributed by atoms with E-state index in [0.717, 1.165) is 12.8 Å². The first-order valence-corrected chi connectivity index (χ1v) is 4.76. The molecule has 2 aliphatic rings. The molecule has 0 aromatic carbocycles. The van der Waals surface area contributed by atoms with Crippen molar-refractivity contribution in [1.29, 1.82) is 0 Å². The van der Waals surface area contributed by atoms with Crippen LogP contribution >= 0.6 is 0 Å². The summed E-state index contributed by atoms with van der Waals surface area (Å²) in [7, 11) is 0. The summed E-state index contributed by atoms with van der Waals surface area (Å²) in [5.74, 6) is 0.138. The average molecular weight is 182 g/mol. The van der Waals surface area contributed by atoms with Gasteiger partial charge in [-0.05, 0) is 19.8 Å². The zero-order valence-corrected chi connectivity index (χ0v) is 7.73. The second kappa shape index (κ2) is 3.50. The van der Waals surface area contributed by atoms with E-state index in [-0.39, 0.29) is 18.0 Å². The first-order valence-electron chi connectivity index (χ1n) is 4.76. The molecule has 0 saturated carbocycles. The molecule has 0 radical (unpaired) electrons. The van der Waals surface area contributed by atoms with E-state index >= 15 is 0 Å². The summed E-state index contributed by atoms with van der Waals surface area (Å²) < 4.78 is 11.0. The molecular weight excluding hydrogens is 168 g/mol. The Labute approximate surface area is 77.7 Å². The highest BCUT2D eigenvalue weighted by Gasteiger charge is 2.32. The summed E-state index contributed by atoms with van der Waals surface area (Å²) in [6, 6.07) is 0. The van der Waals surface area contributed by atoms with Gasteiger partial charge in [-0.15, -0.1) is 0 Å². The summed E-state index contributed by atoms with van der Waals surface area (Å²) in [4.78, 5) is 11.1. The molecular formula is C10H14O3. The summed E-state index contributed by atoms with van der Waals surface area (Å²) in [6.07, 6.45) is 5.89. The molecule has 13 heavy (non-hydrogen) atoms. The lowest BCUT2D eigenvalue weighted by Crippen LogP contribution is -2.31. The Bertz CT molecular complexity index is 234. The molecule has 0 aliphatic carbocycles. The van der Waals surface area contributed by atoms with Crippen molar-refractivity contribution < 1.29 is 14.3 Å². The summed E-state index contributed by atoms with van der Waals surface area (Å²) in [5.41, 5.74) is 0. The van der Waals surface area contributed by atoms with Crippen molar-refractivity contribution in [3.05, 3.63) is 12.3 Å². The fourth-order valence-corrected chi connectivity index (χ4v) is 1.86. The molecule has 72 valence electrons. The molecule has 3 heteroatoms. The molecule has 3 nitrogen and oxygen atoms in total. The van der Waals surface area contributed by atoms with Crippen molar-refractivity contribution in [3.8, 4) is 0 Å². The van der Waals surface area contributed by atoms with E-state index in [0.29, 0.717) is 12.5 Å². The van der Waals surface area contributed by atoms with E-state index in [1.165, 1.54) is 12.3 Å². The fraction of sp³-hybridized carbons (Fsp3) is 0.700. The van der Waals surface area contributed by atoms with E-state index in [4.69, 9.17) is 9.47 Å². The number of ether oxygens (including phenoxy) is 2. The fourth-order valence-electron chi connectivity index (χ4n) is 1.86. The molecule has 3 atom stereocenters. The lowest BCUT2D eigenvalue weighted by Gasteiger charge is -2.24. The minimum atomic E-state index is -0.0533. The number of carbonyl (C=O) groups excluding carboxylic acids is 1. The second-order valence-corrected chi connectivity index (χ2v) is 3.71. The third-order valence-corrected chi connectivity index (χ3v) is 2.59. The van der Waals surface area contributed by atoms with Crippen molar-refractivity contribution in [3.63, 3.8) is 0 Å². The predicted molar refractivity (Wildman–Crippen MR) is 47.2 cm³/mol. The number of hydrogen-bond acceptors (Lipinski definition) is 3. The lowest BCUT2D eigenvalue weighted by atomic mass is 10.0. The summed E-state index contributed by atoms with van der Waals surface area (Å²) in [5, 5.41) is 0. The minimum absolute atomic E-state index is 0.0533. The van der Waals surface area contributed by atoms with Crippen LogP contribution in [-0.2, 0) is 14.3 Å². The van der Waals surface area contributed by atoms with Crippen molar-refractivity contribution in [2.24, 2.45) is 0 Å². The van der Waals surface area contributed by atoms with Crippen molar-refractivity contribution >= 4 is 5.78 Å². The number of rotatable bonds is 1. The van der Waals surface area contributed by atoms with Gasteiger partial charge in [0.15, 0.2) is 5.78 Å². The number of carbonyl (C=O) groups is 1. The molecule has 2 aliphatic heterocycles. The molecule has 2 heterocycles. The first kappa shape index (κ1) is 8.75. The average Bonchev–Trinajstić information content (AvgIpc) is 2.52. The number of hydrogen-bond donors (Lipinski definition) is 0. The van der Waals surface area contributed by atoms with Crippen LogP contribution in [0.3, 0.4) is 0 Å². The van der Waals surface area contributed by atoms with Gasteiger partial charge in [-0.1, -0.05) is 0 Å². The van der Waals surface area contributed by atoms with Gasteiger partial charge in [-0.2, -0.15) is 0 Å². The number of allylic oxidation sites excluding steroid dienone is 1. The Morgan fingerprint density at radius 2 is 2.23 bits per heavy atom. The normalized spacial score (nSPS) is 39.2. The monoisotopic (exact) mass is 182 g/mol. The van der Waals surface area contributed by atoms with Gasteiger partial charge in [0.2, 0.25) is 0 Å². The lowest BCUT2D eigenvalue weighted by molar-refractivity contribution is -0.121. The van der Waals surface area contributed by atoms with Crippen LogP contribution in [0.1, 0.15) is 26.2 Å². The van der Waals surface area contributed by atoms with Crippen LogP contribution in [0.25, 0.3) is 0 Å². The smallest absolute Gasteiger partial charge is 0.162 e. The Balaban J connectivity index is 1.94. The van der Waals surface area contributed by atoms with Crippen molar-refractivity contribution in [2.75, 3.05) is 0 Å². The molecule has 0 N–H and O–H groups in total. The molecule has 1 fully saturated rings. The molecule has 2 rings (SSSR count). The highest BCUT2D eigenvalue weighted by Crippen LogP contribution is 2.26. The van der Waals surface area contributed by atoms with Crippen LogP contribution in [0.2, 0.25) is 0 Å². The summed E-state index contributed by atoms with van der Waals surface area (Å²) >= 11 is 0. The number of ketones is 1. The van der Waals surface area contributed by atoms with Crippen molar-refractivity contribution in [1.82, 2.24) is 0 Å². The van der Waals surface area contributed by atoms with Crippen molar-refractivity contribution in [2.45, 2.75) is 44.5 Å². The molecule has 0 spiro atoms. The molecule has 0 aromatic rings. The Kier molecular flexibility index (Phi) is 2.36.